The molecule has 0 saturated heterocycles. The molecule has 0 radical (unpaired) electrons. The maximum atomic E-state index is 11.7. The number of furan rings is 1. The Labute approximate surface area is 134 Å². The molecule has 2 rings (SSSR count). The molecule has 1 atom stereocenters. The SMILES string of the molecule is COc1ccc([C@H](O)CNC(=O)/C=C/c2ccco2)cc1OC. The number of methoxy groups -OCH3 is 2. The molecule has 1 aromatic carbocycles. The number of carbonyl (C=O) groups excluding carboxylic acids is 1. The van der Waals surface area contributed by atoms with Crippen LogP contribution in [-0.4, -0.2) is 31.8 Å². The third-order valence-electron chi connectivity index (χ3n) is 3.20. The number of amides is 1. The van der Waals surface area contributed by atoms with Crippen molar-refractivity contribution in [2.75, 3.05) is 20.8 Å². The fraction of sp³-hybridized carbons (Fsp3) is 0.235. The van der Waals surface area contributed by atoms with Gasteiger partial charge < -0.3 is 24.3 Å². The van der Waals surface area contributed by atoms with Crippen LogP contribution in [0.3, 0.4) is 0 Å². The van der Waals surface area contributed by atoms with E-state index in [2.05, 4.69) is 5.32 Å². The van der Waals surface area contributed by atoms with Crippen LogP contribution in [0, 0.1) is 0 Å². The molecule has 6 nitrogen and oxygen atoms in total. The van der Waals surface area contributed by atoms with Gasteiger partial charge in [-0.25, -0.2) is 0 Å². The van der Waals surface area contributed by atoms with Gasteiger partial charge in [-0.1, -0.05) is 6.07 Å². The second-order valence-corrected chi connectivity index (χ2v) is 4.72. The van der Waals surface area contributed by atoms with Gasteiger partial charge in [0.15, 0.2) is 11.5 Å². The highest BCUT2D eigenvalue weighted by Gasteiger charge is 2.12. The number of carbonyl (C=O) groups is 1. The third kappa shape index (κ3) is 4.62. The quantitative estimate of drug-likeness (QED) is 0.765. The van der Waals surface area contributed by atoms with Crippen LogP contribution in [0.25, 0.3) is 6.08 Å². The molecule has 0 fully saturated rings. The second kappa shape index (κ2) is 8.05. The number of aliphatic hydroxyl groups is 1. The molecule has 23 heavy (non-hydrogen) atoms. The largest absolute Gasteiger partial charge is 0.493 e. The molecule has 1 heterocycles. The van der Waals surface area contributed by atoms with E-state index in [9.17, 15) is 9.90 Å². The Balaban J connectivity index is 1.91. The van der Waals surface area contributed by atoms with E-state index in [4.69, 9.17) is 13.9 Å². The lowest BCUT2D eigenvalue weighted by Gasteiger charge is -2.14. The molecule has 0 unspecified atom stereocenters. The maximum Gasteiger partial charge on any atom is 0.244 e. The minimum Gasteiger partial charge on any atom is -0.493 e. The van der Waals surface area contributed by atoms with Crippen molar-refractivity contribution in [3.05, 3.63) is 54.0 Å². The Morgan fingerprint density at radius 3 is 2.74 bits per heavy atom. The summed E-state index contributed by atoms with van der Waals surface area (Å²) in [5, 5.41) is 12.8. The van der Waals surface area contributed by atoms with Crippen LogP contribution < -0.4 is 14.8 Å². The zero-order chi connectivity index (χ0) is 16.7. The molecule has 0 spiro atoms. The van der Waals surface area contributed by atoms with Gasteiger partial charge in [0.05, 0.1) is 26.6 Å². The number of ether oxygens (including phenoxy) is 2. The van der Waals surface area contributed by atoms with Crippen LogP contribution in [0.2, 0.25) is 0 Å². The van der Waals surface area contributed by atoms with Crippen LogP contribution >= 0.6 is 0 Å². The second-order valence-electron chi connectivity index (χ2n) is 4.72. The monoisotopic (exact) mass is 317 g/mol. The highest BCUT2D eigenvalue weighted by Crippen LogP contribution is 2.29. The molecule has 1 aromatic heterocycles. The predicted octanol–water partition coefficient (Wildman–Crippen LogP) is 2.16. The predicted molar refractivity (Wildman–Crippen MR) is 85.3 cm³/mol. The number of benzene rings is 1. The zero-order valence-electron chi connectivity index (χ0n) is 13.0. The summed E-state index contributed by atoms with van der Waals surface area (Å²) < 4.78 is 15.4. The van der Waals surface area contributed by atoms with Crippen LogP contribution in [-0.2, 0) is 4.79 Å². The zero-order valence-corrected chi connectivity index (χ0v) is 13.0. The Bertz CT molecular complexity index is 664. The van der Waals surface area contributed by atoms with E-state index in [1.165, 1.54) is 19.4 Å². The number of aliphatic hydroxyl groups excluding tert-OH is 1. The molecule has 122 valence electrons. The lowest BCUT2D eigenvalue weighted by Crippen LogP contribution is -2.26. The van der Waals surface area contributed by atoms with Gasteiger partial charge in [-0.3, -0.25) is 4.79 Å². The van der Waals surface area contributed by atoms with E-state index < -0.39 is 6.10 Å². The highest BCUT2D eigenvalue weighted by molar-refractivity contribution is 5.91. The lowest BCUT2D eigenvalue weighted by atomic mass is 10.1. The van der Waals surface area contributed by atoms with Crippen molar-refractivity contribution >= 4 is 12.0 Å². The minimum absolute atomic E-state index is 0.0802. The summed E-state index contributed by atoms with van der Waals surface area (Å²) in [6.07, 6.45) is 3.58. The van der Waals surface area contributed by atoms with Crippen molar-refractivity contribution in [3.63, 3.8) is 0 Å². The fourth-order valence-electron chi connectivity index (χ4n) is 1.98. The van der Waals surface area contributed by atoms with Crippen LogP contribution in [0.15, 0.2) is 47.1 Å². The summed E-state index contributed by atoms with van der Waals surface area (Å²) in [5.41, 5.74) is 0.623. The Morgan fingerprint density at radius 1 is 1.30 bits per heavy atom. The van der Waals surface area contributed by atoms with Gasteiger partial charge in [0.25, 0.3) is 0 Å². The average molecular weight is 317 g/mol. The van der Waals surface area contributed by atoms with Crippen molar-refractivity contribution in [2.24, 2.45) is 0 Å². The fourth-order valence-corrected chi connectivity index (χ4v) is 1.98. The van der Waals surface area contributed by atoms with Gasteiger partial charge in [-0.2, -0.15) is 0 Å². The Kier molecular flexibility index (Phi) is 5.82. The molecule has 1 amide bonds. The first-order valence-electron chi connectivity index (χ1n) is 7.03. The standard InChI is InChI=1S/C17H19NO5/c1-21-15-7-5-12(10-16(15)22-2)14(19)11-18-17(20)8-6-13-4-3-9-23-13/h3-10,14,19H,11H2,1-2H3,(H,18,20)/b8-6+/t14-/m1/s1. The van der Waals surface area contributed by atoms with Gasteiger partial charge in [0.1, 0.15) is 5.76 Å². The van der Waals surface area contributed by atoms with Crippen molar-refractivity contribution in [2.45, 2.75) is 6.10 Å². The van der Waals surface area contributed by atoms with E-state index >= 15 is 0 Å². The van der Waals surface area contributed by atoms with Crippen LogP contribution in [0.1, 0.15) is 17.4 Å². The first-order valence-corrected chi connectivity index (χ1v) is 7.03. The number of hydrogen-bond acceptors (Lipinski definition) is 5. The van der Waals surface area contributed by atoms with Crippen molar-refractivity contribution in [1.29, 1.82) is 0 Å². The van der Waals surface area contributed by atoms with E-state index in [1.54, 1.807) is 43.5 Å². The van der Waals surface area contributed by atoms with Crippen molar-refractivity contribution < 1.29 is 23.8 Å². The van der Waals surface area contributed by atoms with Crippen LogP contribution in [0.4, 0.5) is 0 Å². The molecular formula is C17H19NO5. The number of hydrogen-bond donors (Lipinski definition) is 2. The topological polar surface area (TPSA) is 80.9 Å². The minimum atomic E-state index is -0.851. The normalized spacial score (nSPS) is 12.1. The molecule has 6 heteroatoms. The molecular weight excluding hydrogens is 298 g/mol. The van der Waals surface area contributed by atoms with Gasteiger partial charge in [0, 0.05) is 12.6 Å². The average Bonchev–Trinajstić information content (AvgIpc) is 3.10. The van der Waals surface area contributed by atoms with Crippen molar-refractivity contribution in [1.82, 2.24) is 5.32 Å². The summed E-state index contributed by atoms with van der Waals surface area (Å²) in [5.74, 6) is 1.36. The van der Waals surface area contributed by atoms with Gasteiger partial charge in [0.2, 0.25) is 5.91 Å². The summed E-state index contributed by atoms with van der Waals surface area (Å²) in [4.78, 5) is 11.7. The maximum absolute atomic E-state index is 11.7. The van der Waals surface area contributed by atoms with Gasteiger partial charge in [-0.15, -0.1) is 0 Å². The summed E-state index contributed by atoms with van der Waals surface area (Å²) in [6.45, 7) is 0.0802. The van der Waals surface area contributed by atoms with E-state index in [1.807, 2.05) is 0 Å². The molecule has 0 saturated carbocycles. The molecule has 0 aliphatic heterocycles. The summed E-state index contributed by atoms with van der Waals surface area (Å²) >= 11 is 0. The molecule has 0 bridgehead atoms. The molecule has 2 aromatic rings. The number of nitrogens with one attached hydrogen (secondary N) is 1. The Morgan fingerprint density at radius 2 is 2.09 bits per heavy atom. The van der Waals surface area contributed by atoms with Crippen LogP contribution in [0.5, 0.6) is 11.5 Å². The first-order chi connectivity index (χ1) is 11.1. The number of rotatable bonds is 7. The van der Waals surface area contributed by atoms with E-state index in [0.717, 1.165) is 0 Å². The molecule has 2 N–H and O–H groups in total. The lowest BCUT2D eigenvalue weighted by molar-refractivity contribution is -0.116. The van der Waals surface area contributed by atoms with E-state index in [-0.39, 0.29) is 12.5 Å². The van der Waals surface area contributed by atoms with E-state index in [0.29, 0.717) is 22.8 Å². The van der Waals surface area contributed by atoms with Gasteiger partial charge in [-0.05, 0) is 35.9 Å². The smallest absolute Gasteiger partial charge is 0.244 e. The summed E-state index contributed by atoms with van der Waals surface area (Å²) in [6, 6.07) is 8.57. The molecule has 0 aliphatic carbocycles. The summed E-state index contributed by atoms with van der Waals surface area (Å²) in [7, 11) is 3.06. The van der Waals surface area contributed by atoms with Gasteiger partial charge >= 0.3 is 0 Å². The van der Waals surface area contributed by atoms with Crippen molar-refractivity contribution in [3.8, 4) is 11.5 Å². The third-order valence-corrected chi connectivity index (χ3v) is 3.20. The molecule has 0 aliphatic rings. The Hall–Kier alpha value is -2.73. The first kappa shape index (κ1) is 16.6. The highest BCUT2D eigenvalue weighted by atomic mass is 16.5.